The molecule has 148 valence electrons. The molecule has 1 atom stereocenters. The lowest BCUT2D eigenvalue weighted by Gasteiger charge is -2.43. The van der Waals surface area contributed by atoms with Gasteiger partial charge in [-0.2, -0.15) is 0 Å². The molecule has 2 amide bonds. The second-order valence-electron chi connectivity index (χ2n) is 9.53. The average Bonchev–Trinajstić information content (AvgIpc) is 2.91. The Kier molecular flexibility index (Phi) is 6.23. The summed E-state index contributed by atoms with van der Waals surface area (Å²) >= 11 is 0. The van der Waals surface area contributed by atoms with E-state index >= 15 is 0 Å². The van der Waals surface area contributed by atoms with E-state index in [0.717, 1.165) is 51.7 Å². The van der Waals surface area contributed by atoms with Crippen molar-refractivity contribution in [3.05, 3.63) is 0 Å². The van der Waals surface area contributed by atoms with Crippen LogP contribution in [0.3, 0.4) is 0 Å². The van der Waals surface area contributed by atoms with Gasteiger partial charge >= 0.3 is 0 Å². The first kappa shape index (κ1) is 19.6. The predicted molar refractivity (Wildman–Crippen MR) is 103 cm³/mol. The zero-order valence-electron chi connectivity index (χ0n) is 16.8. The highest BCUT2D eigenvalue weighted by atomic mass is 16.2. The van der Waals surface area contributed by atoms with E-state index in [0.29, 0.717) is 13.0 Å². The fraction of sp³-hybridized carbons (Fsp3) is 0.900. The standard InChI is InChI=1S/C20H36N4O2/c1-20(2,3)13-18(25)21-16-7-8-22(14-16)15-19(26)24-11-9-23(10-12-24)17-5-4-6-17/h16-17H,4-15H2,1-3H3,(H,21,25). The monoisotopic (exact) mass is 364 g/mol. The van der Waals surface area contributed by atoms with Crippen LogP contribution in [0, 0.1) is 5.41 Å². The maximum atomic E-state index is 12.6. The highest BCUT2D eigenvalue weighted by Crippen LogP contribution is 2.25. The summed E-state index contributed by atoms with van der Waals surface area (Å²) in [7, 11) is 0. The number of likely N-dealkylation sites (tertiary alicyclic amines) is 1. The average molecular weight is 365 g/mol. The molecule has 0 aromatic rings. The number of amides is 2. The molecule has 1 saturated carbocycles. The smallest absolute Gasteiger partial charge is 0.236 e. The van der Waals surface area contributed by atoms with Crippen LogP contribution < -0.4 is 5.32 Å². The molecule has 0 aromatic carbocycles. The topological polar surface area (TPSA) is 55.9 Å². The van der Waals surface area contributed by atoms with Crippen LogP contribution in [0.1, 0.15) is 52.9 Å². The Morgan fingerprint density at radius 2 is 1.69 bits per heavy atom. The quantitative estimate of drug-likeness (QED) is 0.799. The van der Waals surface area contributed by atoms with Crippen molar-refractivity contribution < 1.29 is 9.59 Å². The molecule has 6 nitrogen and oxygen atoms in total. The number of hydrogen-bond acceptors (Lipinski definition) is 4. The van der Waals surface area contributed by atoms with Gasteiger partial charge in [0.2, 0.25) is 11.8 Å². The van der Waals surface area contributed by atoms with Crippen molar-refractivity contribution in [3.63, 3.8) is 0 Å². The number of nitrogens with one attached hydrogen (secondary N) is 1. The molecule has 2 aliphatic heterocycles. The Hall–Kier alpha value is -1.14. The van der Waals surface area contributed by atoms with Crippen LogP contribution in [-0.4, -0.2) is 84.4 Å². The summed E-state index contributed by atoms with van der Waals surface area (Å²) in [6.07, 6.45) is 5.53. The Bertz CT molecular complexity index is 504. The molecule has 2 saturated heterocycles. The Morgan fingerprint density at radius 3 is 2.27 bits per heavy atom. The normalized spacial score (nSPS) is 26.0. The van der Waals surface area contributed by atoms with E-state index < -0.39 is 0 Å². The molecular formula is C20H36N4O2. The van der Waals surface area contributed by atoms with E-state index in [1.165, 1.54) is 19.3 Å². The molecule has 26 heavy (non-hydrogen) atoms. The van der Waals surface area contributed by atoms with Crippen LogP contribution in [0.15, 0.2) is 0 Å². The fourth-order valence-corrected chi connectivity index (χ4v) is 4.23. The molecule has 0 bridgehead atoms. The van der Waals surface area contributed by atoms with Crippen LogP contribution in [-0.2, 0) is 9.59 Å². The van der Waals surface area contributed by atoms with Gasteiger partial charge in [0.15, 0.2) is 0 Å². The van der Waals surface area contributed by atoms with Crippen molar-refractivity contribution in [2.45, 2.75) is 65.0 Å². The molecule has 1 N–H and O–H groups in total. The summed E-state index contributed by atoms with van der Waals surface area (Å²) in [5.74, 6) is 0.378. The second kappa shape index (κ2) is 8.26. The Labute approximate surface area is 158 Å². The first-order valence-electron chi connectivity index (χ1n) is 10.3. The lowest BCUT2D eigenvalue weighted by atomic mass is 9.91. The molecule has 3 rings (SSSR count). The zero-order valence-corrected chi connectivity index (χ0v) is 16.8. The third kappa shape index (κ3) is 5.43. The number of carbonyl (C=O) groups excluding carboxylic acids is 2. The molecule has 3 aliphatic rings. The van der Waals surface area contributed by atoms with E-state index in [4.69, 9.17) is 0 Å². The summed E-state index contributed by atoms with van der Waals surface area (Å²) in [5, 5.41) is 3.14. The maximum Gasteiger partial charge on any atom is 0.236 e. The van der Waals surface area contributed by atoms with Crippen LogP contribution >= 0.6 is 0 Å². The molecule has 1 aliphatic carbocycles. The molecular weight excluding hydrogens is 328 g/mol. The Morgan fingerprint density at radius 1 is 1.00 bits per heavy atom. The van der Waals surface area contributed by atoms with Gasteiger partial charge in [0.1, 0.15) is 0 Å². The van der Waals surface area contributed by atoms with Crippen molar-refractivity contribution in [2.24, 2.45) is 5.41 Å². The summed E-state index contributed by atoms with van der Waals surface area (Å²) in [6.45, 7) is 12.2. The van der Waals surface area contributed by atoms with Crippen molar-refractivity contribution >= 4 is 11.8 Å². The molecule has 2 heterocycles. The summed E-state index contributed by atoms with van der Waals surface area (Å²) < 4.78 is 0. The van der Waals surface area contributed by atoms with E-state index in [1.807, 2.05) is 4.90 Å². The van der Waals surface area contributed by atoms with Gasteiger partial charge in [-0.15, -0.1) is 0 Å². The number of nitrogens with zero attached hydrogens (tertiary/aromatic N) is 3. The minimum atomic E-state index is 0.0139. The van der Waals surface area contributed by atoms with Gasteiger partial charge in [0, 0.05) is 57.8 Å². The maximum absolute atomic E-state index is 12.6. The summed E-state index contributed by atoms with van der Waals surface area (Å²) in [5.41, 5.74) is 0.0139. The fourth-order valence-electron chi connectivity index (χ4n) is 4.23. The first-order chi connectivity index (χ1) is 12.3. The third-order valence-corrected chi connectivity index (χ3v) is 5.95. The van der Waals surface area contributed by atoms with Gasteiger partial charge in [-0.25, -0.2) is 0 Å². The highest BCUT2D eigenvalue weighted by molar-refractivity contribution is 5.78. The molecule has 1 unspecified atom stereocenters. The van der Waals surface area contributed by atoms with Crippen LogP contribution in [0.25, 0.3) is 0 Å². The van der Waals surface area contributed by atoms with Gasteiger partial charge in [0.25, 0.3) is 0 Å². The third-order valence-electron chi connectivity index (χ3n) is 5.95. The summed E-state index contributed by atoms with van der Waals surface area (Å²) in [4.78, 5) is 31.5. The van der Waals surface area contributed by atoms with E-state index in [1.54, 1.807) is 0 Å². The van der Waals surface area contributed by atoms with Crippen LogP contribution in [0.2, 0.25) is 0 Å². The Balaban J connectivity index is 1.36. The van der Waals surface area contributed by atoms with E-state index in [9.17, 15) is 9.59 Å². The molecule has 6 heteroatoms. The molecule has 3 fully saturated rings. The van der Waals surface area contributed by atoms with Crippen molar-refractivity contribution in [3.8, 4) is 0 Å². The lowest BCUT2D eigenvalue weighted by molar-refractivity contribution is -0.134. The van der Waals surface area contributed by atoms with Crippen molar-refractivity contribution in [1.82, 2.24) is 20.0 Å². The van der Waals surface area contributed by atoms with Crippen molar-refractivity contribution in [2.75, 3.05) is 45.8 Å². The molecule has 0 spiro atoms. The van der Waals surface area contributed by atoms with Gasteiger partial charge in [-0.3, -0.25) is 19.4 Å². The minimum Gasteiger partial charge on any atom is -0.352 e. The van der Waals surface area contributed by atoms with E-state index in [-0.39, 0.29) is 23.3 Å². The van der Waals surface area contributed by atoms with Gasteiger partial charge in [0.05, 0.1) is 6.54 Å². The largest absolute Gasteiger partial charge is 0.352 e. The van der Waals surface area contributed by atoms with Gasteiger partial charge in [-0.1, -0.05) is 27.2 Å². The first-order valence-corrected chi connectivity index (χ1v) is 10.3. The second-order valence-corrected chi connectivity index (χ2v) is 9.53. The SMILES string of the molecule is CC(C)(C)CC(=O)NC1CCN(CC(=O)N2CCN(C3CCC3)CC2)C1. The number of piperazine rings is 1. The minimum absolute atomic E-state index is 0.0139. The van der Waals surface area contributed by atoms with Crippen LogP contribution in [0.4, 0.5) is 0 Å². The highest BCUT2D eigenvalue weighted by Gasteiger charge is 2.31. The summed E-state index contributed by atoms with van der Waals surface area (Å²) in [6, 6.07) is 0.969. The van der Waals surface area contributed by atoms with Crippen molar-refractivity contribution in [1.29, 1.82) is 0 Å². The van der Waals surface area contributed by atoms with Crippen LogP contribution in [0.5, 0.6) is 0 Å². The molecule has 0 aromatic heterocycles. The molecule has 0 radical (unpaired) electrons. The zero-order chi connectivity index (χ0) is 18.7. The van der Waals surface area contributed by atoms with Gasteiger partial charge < -0.3 is 10.2 Å². The number of carbonyl (C=O) groups is 2. The van der Waals surface area contributed by atoms with Gasteiger partial charge in [-0.05, 0) is 24.7 Å². The number of rotatable bonds is 5. The number of hydrogen-bond donors (Lipinski definition) is 1. The lowest BCUT2D eigenvalue weighted by Crippen LogP contribution is -2.55. The predicted octanol–water partition coefficient (Wildman–Crippen LogP) is 1.31. The van der Waals surface area contributed by atoms with E-state index in [2.05, 4.69) is 35.9 Å².